The van der Waals surface area contributed by atoms with Gasteiger partial charge in [-0.15, -0.1) is 0 Å². The van der Waals surface area contributed by atoms with Crippen LogP contribution in [0.2, 0.25) is 0 Å². The number of sulfone groups is 1. The Kier molecular flexibility index (Phi) is 5.70. The smallest absolute Gasteiger partial charge is 0.229 e. The van der Waals surface area contributed by atoms with Crippen LogP contribution in [0.3, 0.4) is 0 Å². The first-order valence-corrected chi connectivity index (χ1v) is 13.4. The van der Waals surface area contributed by atoms with E-state index in [1.54, 1.807) is 55.6 Å². The number of hydrogen-bond acceptors (Lipinski definition) is 6. The minimum absolute atomic E-state index is 0.0443. The third-order valence-electron chi connectivity index (χ3n) is 4.94. The van der Waals surface area contributed by atoms with Crippen LogP contribution in [-0.2, 0) is 19.9 Å². The lowest BCUT2D eigenvalue weighted by atomic mass is 10.0. The van der Waals surface area contributed by atoms with Crippen LogP contribution in [0.5, 0.6) is 0 Å². The third-order valence-corrected chi connectivity index (χ3v) is 7.30. The van der Waals surface area contributed by atoms with E-state index < -0.39 is 19.9 Å². The van der Waals surface area contributed by atoms with E-state index in [0.29, 0.717) is 28.0 Å². The Balaban J connectivity index is 1.79. The number of nitrogens with zero attached hydrogens (tertiary/aromatic N) is 2. The Bertz CT molecular complexity index is 1510. The molecule has 0 aliphatic heterocycles. The van der Waals surface area contributed by atoms with Gasteiger partial charge in [0.15, 0.2) is 9.84 Å². The van der Waals surface area contributed by atoms with Gasteiger partial charge in [-0.3, -0.25) is 9.71 Å². The number of sulfonamides is 1. The van der Waals surface area contributed by atoms with E-state index >= 15 is 0 Å². The van der Waals surface area contributed by atoms with Crippen molar-refractivity contribution in [3.8, 4) is 22.4 Å². The van der Waals surface area contributed by atoms with Gasteiger partial charge in [-0.2, -0.15) is 0 Å². The molecule has 4 aromatic rings. The molecule has 0 spiro atoms. The second kappa shape index (κ2) is 8.33. The van der Waals surface area contributed by atoms with Crippen molar-refractivity contribution >= 4 is 36.6 Å². The normalized spacial score (nSPS) is 12.1. The molecule has 0 bridgehead atoms. The summed E-state index contributed by atoms with van der Waals surface area (Å²) in [5.74, 6) is 0.0443. The van der Waals surface area contributed by atoms with E-state index in [1.165, 1.54) is 0 Å². The number of para-hydroxylation sites is 1. The van der Waals surface area contributed by atoms with E-state index in [9.17, 15) is 16.8 Å². The zero-order valence-electron chi connectivity index (χ0n) is 17.5. The van der Waals surface area contributed by atoms with E-state index in [2.05, 4.69) is 9.71 Å². The fourth-order valence-electron chi connectivity index (χ4n) is 3.37. The largest absolute Gasteiger partial charge is 0.284 e. The molecule has 0 amide bonds. The summed E-state index contributed by atoms with van der Waals surface area (Å²) in [4.78, 5) is 9.59. The zero-order chi connectivity index (χ0) is 22.9. The standard InChI is InChI=1S/C23H21N3O4S2/c1-3-32(29,30)19-12-10-16(11-13-19)20-8-5-9-21-23(20)25-22(15-24-21)17-6-4-7-18(14-17)26-31(2,27)28/h4-15,26H,3H2,1-2H3. The molecule has 4 rings (SSSR count). The van der Waals surface area contributed by atoms with Crippen LogP contribution in [0.1, 0.15) is 6.92 Å². The predicted molar refractivity (Wildman–Crippen MR) is 127 cm³/mol. The Morgan fingerprint density at radius 2 is 1.59 bits per heavy atom. The lowest BCUT2D eigenvalue weighted by molar-refractivity contribution is 0.597. The molecule has 1 N–H and O–H groups in total. The summed E-state index contributed by atoms with van der Waals surface area (Å²) in [6, 6.07) is 19.3. The molecular formula is C23H21N3O4S2. The highest BCUT2D eigenvalue weighted by Gasteiger charge is 2.13. The molecule has 3 aromatic carbocycles. The summed E-state index contributed by atoms with van der Waals surface area (Å²) in [6.07, 6.45) is 2.74. The van der Waals surface area contributed by atoms with E-state index in [0.717, 1.165) is 17.4 Å². The van der Waals surface area contributed by atoms with Gasteiger partial charge in [-0.1, -0.05) is 43.3 Å². The maximum absolute atomic E-state index is 12.1. The molecule has 9 heteroatoms. The summed E-state index contributed by atoms with van der Waals surface area (Å²) in [6.45, 7) is 1.62. The van der Waals surface area contributed by atoms with Crippen molar-refractivity contribution in [3.05, 3.63) is 72.9 Å². The summed E-state index contributed by atoms with van der Waals surface area (Å²) >= 11 is 0. The van der Waals surface area contributed by atoms with Crippen molar-refractivity contribution in [3.63, 3.8) is 0 Å². The van der Waals surface area contributed by atoms with Gasteiger partial charge in [0, 0.05) is 16.8 Å². The van der Waals surface area contributed by atoms with Gasteiger partial charge in [0.25, 0.3) is 0 Å². The lowest BCUT2D eigenvalue weighted by Gasteiger charge is -2.10. The first kappa shape index (κ1) is 21.9. The molecule has 0 unspecified atom stereocenters. The Morgan fingerprint density at radius 1 is 0.875 bits per heavy atom. The quantitative estimate of drug-likeness (QED) is 0.457. The monoisotopic (exact) mass is 467 g/mol. The van der Waals surface area contributed by atoms with Crippen LogP contribution >= 0.6 is 0 Å². The number of benzene rings is 3. The number of hydrogen-bond donors (Lipinski definition) is 1. The topological polar surface area (TPSA) is 106 Å². The molecule has 1 heterocycles. The summed E-state index contributed by atoms with van der Waals surface area (Å²) in [5.41, 5.74) is 4.75. The van der Waals surface area contributed by atoms with E-state index in [1.807, 2.05) is 24.3 Å². The molecule has 0 aliphatic carbocycles. The third kappa shape index (κ3) is 4.63. The summed E-state index contributed by atoms with van der Waals surface area (Å²) in [5, 5.41) is 0. The van der Waals surface area contributed by atoms with Crippen molar-refractivity contribution in [2.75, 3.05) is 16.7 Å². The average Bonchev–Trinajstić information content (AvgIpc) is 2.77. The van der Waals surface area contributed by atoms with Crippen molar-refractivity contribution in [2.24, 2.45) is 0 Å². The van der Waals surface area contributed by atoms with Gasteiger partial charge >= 0.3 is 0 Å². The van der Waals surface area contributed by atoms with Gasteiger partial charge in [0.1, 0.15) is 0 Å². The SMILES string of the molecule is CCS(=O)(=O)c1ccc(-c2cccc3ncc(-c4cccc(NS(C)(=O)=O)c4)nc23)cc1. The molecule has 0 radical (unpaired) electrons. The lowest BCUT2D eigenvalue weighted by Crippen LogP contribution is -2.09. The molecular weight excluding hydrogens is 446 g/mol. The molecule has 0 saturated heterocycles. The Morgan fingerprint density at radius 3 is 2.28 bits per heavy atom. The molecule has 7 nitrogen and oxygen atoms in total. The number of aromatic nitrogens is 2. The van der Waals surface area contributed by atoms with Gasteiger partial charge < -0.3 is 0 Å². The fraction of sp³-hybridized carbons (Fsp3) is 0.130. The molecule has 0 saturated carbocycles. The zero-order valence-corrected chi connectivity index (χ0v) is 19.1. The van der Waals surface area contributed by atoms with Gasteiger partial charge in [0.05, 0.1) is 39.8 Å². The van der Waals surface area contributed by atoms with Crippen molar-refractivity contribution in [2.45, 2.75) is 11.8 Å². The molecule has 32 heavy (non-hydrogen) atoms. The van der Waals surface area contributed by atoms with E-state index in [4.69, 9.17) is 4.98 Å². The van der Waals surface area contributed by atoms with Crippen LogP contribution in [0.4, 0.5) is 5.69 Å². The van der Waals surface area contributed by atoms with Crippen LogP contribution < -0.4 is 4.72 Å². The number of nitrogens with one attached hydrogen (secondary N) is 1. The Hall–Kier alpha value is -3.30. The highest BCUT2D eigenvalue weighted by Crippen LogP contribution is 2.30. The van der Waals surface area contributed by atoms with E-state index in [-0.39, 0.29) is 10.6 Å². The number of anilines is 1. The molecule has 1 aromatic heterocycles. The highest BCUT2D eigenvalue weighted by atomic mass is 32.2. The van der Waals surface area contributed by atoms with Crippen molar-refractivity contribution < 1.29 is 16.8 Å². The minimum atomic E-state index is -3.40. The average molecular weight is 468 g/mol. The molecule has 0 fully saturated rings. The maximum Gasteiger partial charge on any atom is 0.229 e. The Labute approximate surface area is 187 Å². The first-order valence-electron chi connectivity index (χ1n) is 9.83. The summed E-state index contributed by atoms with van der Waals surface area (Å²) < 4.78 is 49.8. The first-order chi connectivity index (χ1) is 15.2. The second-order valence-electron chi connectivity index (χ2n) is 7.31. The minimum Gasteiger partial charge on any atom is -0.284 e. The fourth-order valence-corrected chi connectivity index (χ4v) is 4.81. The van der Waals surface area contributed by atoms with Crippen LogP contribution in [0.25, 0.3) is 33.4 Å². The van der Waals surface area contributed by atoms with Gasteiger partial charge in [0.2, 0.25) is 10.0 Å². The van der Waals surface area contributed by atoms with Crippen LogP contribution in [-0.4, -0.2) is 38.8 Å². The molecule has 0 atom stereocenters. The predicted octanol–water partition coefficient (Wildman–Crippen LogP) is 4.13. The van der Waals surface area contributed by atoms with Crippen LogP contribution in [0, 0.1) is 0 Å². The molecule has 0 aliphatic rings. The summed E-state index contributed by atoms with van der Waals surface area (Å²) in [7, 11) is -6.67. The van der Waals surface area contributed by atoms with Crippen LogP contribution in [0.15, 0.2) is 77.8 Å². The molecule has 164 valence electrons. The van der Waals surface area contributed by atoms with Crippen molar-refractivity contribution in [1.29, 1.82) is 0 Å². The highest BCUT2D eigenvalue weighted by molar-refractivity contribution is 7.92. The maximum atomic E-state index is 12.1. The number of fused-ring (bicyclic) bond motifs is 1. The van der Waals surface area contributed by atoms with Gasteiger partial charge in [-0.25, -0.2) is 21.8 Å². The van der Waals surface area contributed by atoms with Gasteiger partial charge in [-0.05, 0) is 35.9 Å². The van der Waals surface area contributed by atoms with Crippen molar-refractivity contribution in [1.82, 2.24) is 9.97 Å². The number of rotatable bonds is 6. The second-order valence-corrected chi connectivity index (χ2v) is 11.3.